The Labute approximate surface area is 207 Å². The topological polar surface area (TPSA) is 87.8 Å². The molecule has 35 heavy (non-hydrogen) atoms. The Kier molecular flexibility index (Phi) is 6.46. The first-order chi connectivity index (χ1) is 17.0. The Morgan fingerprint density at radius 3 is 2.94 bits per heavy atom. The van der Waals surface area contributed by atoms with Crippen molar-refractivity contribution in [1.82, 2.24) is 14.9 Å². The van der Waals surface area contributed by atoms with Crippen LogP contribution >= 0.6 is 11.6 Å². The van der Waals surface area contributed by atoms with Crippen LogP contribution in [0.1, 0.15) is 22.3 Å². The number of aromatic nitrogens is 2. The van der Waals surface area contributed by atoms with Gasteiger partial charge in [0.2, 0.25) is 5.56 Å². The summed E-state index contributed by atoms with van der Waals surface area (Å²) in [7, 11) is 0. The van der Waals surface area contributed by atoms with Gasteiger partial charge in [-0.05, 0) is 55.2 Å². The number of carbonyl (C=O) groups excluding carboxylic acids is 1. The number of nitrogens with zero attached hydrogens (tertiary/aromatic N) is 3. The number of anilines is 2. The molecule has 2 aromatic heterocycles. The highest BCUT2D eigenvalue weighted by atomic mass is 35.5. The van der Waals surface area contributed by atoms with Crippen molar-refractivity contribution in [2.24, 2.45) is 5.92 Å². The highest BCUT2D eigenvalue weighted by molar-refractivity contribution is 6.30. The number of benzene rings is 1. The van der Waals surface area contributed by atoms with E-state index in [0.717, 1.165) is 29.1 Å². The number of rotatable bonds is 5. The van der Waals surface area contributed by atoms with Crippen LogP contribution in [0.5, 0.6) is 11.5 Å². The highest BCUT2D eigenvalue weighted by Crippen LogP contribution is 2.39. The number of aryl methyl sites for hydroxylation is 1. The Hall–Kier alpha value is -3.78. The van der Waals surface area contributed by atoms with Crippen molar-refractivity contribution in [3.8, 4) is 11.5 Å². The maximum absolute atomic E-state index is 12.6. The van der Waals surface area contributed by atoms with Crippen LogP contribution in [0, 0.1) is 12.8 Å². The standard InChI is InChI=1S/C26H25ClN4O4/c1-17-12-20(15-29-25(17)27)31-9-11-35-23-4-3-21(13-22(23)31)34-10-7-18-6-8-30(16-18)26(33)19-2-5-24(32)28-14-19/h2-5,7,10,12-15,18H,6,8-9,11,16H2,1H3,(H,28,32). The summed E-state index contributed by atoms with van der Waals surface area (Å²) in [4.78, 5) is 34.6. The Bertz CT molecular complexity index is 1320. The molecule has 1 N–H and O–H groups in total. The molecule has 1 aromatic carbocycles. The Morgan fingerprint density at radius 2 is 2.14 bits per heavy atom. The van der Waals surface area contributed by atoms with Crippen molar-refractivity contribution in [3.05, 3.63) is 87.8 Å². The average molecular weight is 493 g/mol. The van der Waals surface area contributed by atoms with E-state index >= 15 is 0 Å². The monoisotopic (exact) mass is 492 g/mol. The van der Waals surface area contributed by atoms with Gasteiger partial charge in [0.1, 0.15) is 23.3 Å². The number of hydrogen-bond donors (Lipinski definition) is 1. The summed E-state index contributed by atoms with van der Waals surface area (Å²) in [5, 5.41) is 0.496. The molecule has 9 heteroatoms. The molecule has 8 nitrogen and oxygen atoms in total. The van der Waals surface area contributed by atoms with Gasteiger partial charge in [-0.15, -0.1) is 0 Å². The summed E-state index contributed by atoms with van der Waals surface area (Å²) in [6, 6.07) is 10.7. The Morgan fingerprint density at radius 1 is 1.26 bits per heavy atom. The number of halogens is 1. The number of nitrogens with one attached hydrogen (secondary N) is 1. The van der Waals surface area contributed by atoms with E-state index < -0.39 is 0 Å². The van der Waals surface area contributed by atoms with Crippen LogP contribution in [0.15, 0.2) is 65.9 Å². The van der Waals surface area contributed by atoms with Crippen LogP contribution in [-0.2, 0) is 0 Å². The molecule has 0 saturated carbocycles. The van der Waals surface area contributed by atoms with Gasteiger partial charge in [0, 0.05) is 31.4 Å². The number of ether oxygens (including phenoxy) is 2. The van der Waals surface area contributed by atoms with Gasteiger partial charge in [0.15, 0.2) is 0 Å². The summed E-state index contributed by atoms with van der Waals surface area (Å²) in [5.41, 5.74) is 3.03. The molecule has 0 aliphatic carbocycles. The molecule has 5 rings (SSSR count). The second kappa shape index (κ2) is 9.84. The van der Waals surface area contributed by atoms with Gasteiger partial charge < -0.3 is 24.3 Å². The molecule has 1 atom stereocenters. The lowest BCUT2D eigenvalue weighted by Crippen LogP contribution is -2.29. The molecule has 1 unspecified atom stereocenters. The number of amides is 1. The number of aromatic amines is 1. The van der Waals surface area contributed by atoms with Gasteiger partial charge in [0.25, 0.3) is 5.91 Å². The van der Waals surface area contributed by atoms with E-state index in [1.54, 1.807) is 23.4 Å². The van der Waals surface area contributed by atoms with Crippen molar-refractivity contribution in [2.45, 2.75) is 13.3 Å². The molecule has 2 aliphatic heterocycles. The molecule has 4 heterocycles. The molecule has 0 bridgehead atoms. The van der Waals surface area contributed by atoms with E-state index in [1.165, 1.54) is 12.3 Å². The van der Waals surface area contributed by atoms with Gasteiger partial charge in [0.05, 0.1) is 35.9 Å². The third kappa shape index (κ3) is 5.02. The number of carbonyl (C=O) groups is 1. The van der Waals surface area contributed by atoms with Gasteiger partial charge in [-0.1, -0.05) is 11.6 Å². The van der Waals surface area contributed by atoms with Gasteiger partial charge in [-0.3, -0.25) is 9.59 Å². The van der Waals surface area contributed by atoms with E-state index in [0.29, 0.717) is 42.7 Å². The predicted octanol–water partition coefficient (Wildman–Crippen LogP) is 4.32. The van der Waals surface area contributed by atoms with Crippen LogP contribution in [0.25, 0.3) is 0 Å². The third-order valence-electron chi connectivity index (χ3n) is 6.20. The molecular formula is C26H25ClN4O4. The van der Waals surface area contributed by atoms with Crippen LogP contribution in [-0.4, -0.2) is 47.0 Å². The fourth-order valence-corrected chi connectivity index (χ4v) is 4.42. The molecule has 3 aromatic rings. The maximum atomic E-state index is 12.6. The van der Waals surface area contributed by atoms with Crippen LogP contribution in [0.3, 0.4) is 0 Å². The van der Waals surface area contributed by atoms with Crippen LogP contribution < -0.4 is 19.9 Å². The number of pyridine rings is 2. The molecule has 2 aliphatic rings. The lowest BCUT2D eigenvalue weighted by molar-refractivity contribution is 0.0789. The van der Waals surface area contributed by atoms with Crippen molar-refractivity contribution in [2.75, 3.05) is 31.1 Å². The minimum atomic E-state index is -0.224. The number of hydrogen-bond acceptors (Lipinski definition) is 6. The molecule has 0 radical (unpaired) electrons. The van der Waals surface area contributed by atoms with Crippen LogP contribution in [0.2, 0.25) is 5.15 Å². The van der Waals surface area contributed by atoms with E-state index in [-0.39, 0.29) is 17.4 Å². The van der Waals surface area contributed by atoms with E-state index in [9.17, 15) is 9.59 Å². The molecular weight excluding hydrogens is 468 g/mol. The summed E-state index contributed by atoms with van der Waals surface area (Å²) < 4.78 is 11.7. The average Bonchev–Trinajstić information content (AvgIpc) is 3.34. The maximum Gasteiger partial charge on any atom is 0.255 e. The summed E-state index contributed by atoms with van der Waals surface area (Å²) >= 11 is 6.10. The zero-order chi connectivity index (χ0) is 24.4. The fraction of sp³-hybridized carbons (Fsp3) is 0.269. The molecule has 1 fully saturated rings. The second-order valence-electron chi connectivity index (χ2n) is 8.62. The van der Waals surface area contributed by atoms with E-state index in [4.69, 9.17) is 21.1 Å². The smallest absolute Gasteiger partial charge is 0.255 e. The normalized spacial score (nSPS) is 17.4. The van der Waals surface area contributed by atoms with Gasteiger partial charge in [-0.25, -0.2) is 4.98 Å². The fourth-order valence-electron chi connectivity index (χ4n) is 4.31. The zero-order valence-corrected chi connectivity index (χ0v) is 20.0. The molecule has 180 valence electrons. The van der Waals surface area contributed by atoms with Gasteiger partial charge in [-0.2, -0.15) is 0 Å². The minimum absolute atomic E-state index is 0.0835. The van der Waals surface area contributed by atoms with Crippen molar-refractivity contribution in [1.29, 1.82) is 0 Å². The van der Waals surface area contributed by atoms with Crippen LogP contribution in [0.4, 0.5) is 11.4 Å². The van der Waals surface area contributed by atoms with Crippen molar-refractivity contribution in [3.63, 3.8) is 0 Å². The number of likely N-dealkylation sites (tertiary alicyclic amines) is 1. The van der Waals surface area contributed by atoms with Crippen molar-refractivity contribution < 1.29 is 14.3 Å². The summed E-state index contributed by atoms with van der Waals surface area (Å²) in [6.07, 6.45) is 7.74. The second-order valence-corrected chi connectivity index (χ2v) is 8.98. The number of H-pyrrole nitrogens is 1. The molecule has 1 amide bonds. The molecule has 1 saturated heterocycles. The lowest BCUT2D eigenvalue weighted by atomic mass is 10.1. The quantitative estimate of drug-likeness (QED) is 0.421. The molecule has 0 spiro atoms. The largest absolute Gasteiger partial charge is 0.490 e. The minimum Gasteiger partial charge on any atom is -0.490 e. The summed E-state index contributed by atoms with van der Waals surface area (Å²) in [5.74, 6) is 1.59. The zero-order valence-electron chi connectivity index (χ0n) is 19.2. The SMILES string of the molecule is Cc1cc(N2CCOc3ccc(OC=CC4CCN(C(=O)c5ccc(=O)[nH]c5)C4)cc32)cnc1Cl. The highest BCUT2D eigenvalue weighted by Gasteiger charge is 2.26. The third-order valence-corrected chi connectivity index (χ3v) is 6.60. The predicted molar refractivity (Wildman–Crippen MR) is 134 cm³/mol. The van der Waals surface area contributed by atoms with Crippen molar-refractivity contribution >= 4 is 28.9 Å². The summed E-state index contributed by atoms with van der Waals surface area (Å²) in [6.45, 7) is 4.46. The lowest BCUT2D eigenvalue weighted by Gasteiger charge is -2.31. The van der Waals surface area contributed by atoms with Gasteiger partial charge >= 0.3 is 0 Å². The van der Waals surface area contributed by atoms with E-state index in [1.807, 2.05) is 37.3 Å². The Balaban J connectivity index is 1.24. The number of fused-ring (bicyclic) bond motifs is 1. The van der Waals surface area contributed by atoms with E-state index in [2.05, 4.69) is 14.9 Å². The first kappa shape index (κ1) is 23.0. The first-order valence-corrected chi connectivity index (χ1v) is 11.8. The first-order valence-electron chi connectivity index (χ1n) is 11.5.